The van der Waals surface area contributed by atoms with Crippen LogP contribution in [0.5, 0.6) is 0 Å². The maximum Gasteiger partial charge on any atom is 0.132 e. The van der Waals surface area contributed by atoms with Gasteiger partial charge in [-0.25, -0.2) is 0 Å². The summed E-state index contributed by atoms with van der Waals surface area (Å²) in [6.45, 7) is 13.2. The fraction of sp³-hybridized carbons (Fsp3) is 0.462. The van der Waals surface area contributed by atoms with Gasteiger partial charge < -0.3 is 0 Å². The van der Waals surface area contributed by atoms with E-state index in [1.54, 1.807) is 13.0 Å². The van der Waals surface area contributed by atoms with E-state index in [-0.39, 0.29) is 11.7 Å². The van der Waals surface area contributed by atoms with Gasteiger partial charge in [0.1, 0.15) is 5.78 Å². The van der Waals surface area contributed by atoms with Gasteiger partial charge in [0.15, 0.2) is 0 Å². The maximum absolute atomic E-state index is 11.0. The average molecular weight is 192 g/mol. The van der Waals surface area contributed by atoms with Crippen molar-refractivity contribution in [3.05, 3.63) is 36.5 Å². The zero-order chi connectivity index (χ0) is 11.1. The second-order valence-electron chi connectivity index (χ2n) is 3.74. The first-order chi connectivity index (χ1) is 6.49. The Morgan fingerprint density at radius 3 is 2.43 bits per heavy atom. The summed E-state index contributed by atoms with van der Waals surface area (Å²) < 4.78 is 0. The Kier molecular flexibility index (Phi) is 5.86. The van der Waals surface area contributed by atoms with E-state index in [2.05, 4.69) is 13.2 Å². The van der Waals surface area contributed by atoms with Crippen molar-refractivity contribution in [2.75, 3.05) is 0 Å². The monoisotopic (exact) mass is 192 g/mol. The van der Waals surface area contributed by atoms with Crippen molar-refractivity contribution in [1.29, 1.82) is 0 Å². The van der Waals surface area contributed by atoms with Gasteiger partial charge in [-0.05, 0) is 32.3 Å². The summed E-state index contributed by atoms with van der Waals surface area (Å²) in [5.41, 5.74) is 2.24. The van der Waals surface area contributed by atoms with Gasteiger partial charge in [-0.15, -0.1) is 0 Å². The molecule has 14 heavy (non-hydrogen) atoms. The summed E-state index contributed by atoms with van der Waals surface area (Å²) in [5.74, 6) is 0.395. The lowest BCUT2D eigenvalue weighted by Gasteiger charge is -2.09. The highest BCUT2D eigenvalue weighted by molar-refractivity contribution is 5.77. The lowest BCUT2D eigenvalue weighted by Crippen LogP contribution is -2.06. The fourth-order valence-corrected chi connectivity index (χ4v) is 1.09. The number of hydrogen-bond donors (Lipinski definition) is 0. The number of ketones is 1. The predicted octanol–water partition coefficient (Wildman–Crippen LogP) is 3.68. The van der Waals surface area contributed by atoms with Gasteiger partial charge in [0.25, 0.3) is 0 Å². The van der Waals surface area contributed by atoms with Crippen LogP contribution in [0.2, 0.25) is 0 Å². The normalized spacial score (nSPS) is 13.5. The maximum atomic E-state index is 11.0. The second-order valence-corrected chi connectivity index (χ2v) is 3.74. The van der Waals surface area contributed by atoms with Crippen LogP contribution in [0, 0.1) is 5.92 Å². The van der Waals surface area contributed by atoms with E-state index < -0.39 is 0 Å². The van der Waals surface area contributed by atoms with Crippen LogP contribution in [0.1, 0.15) is 33.6 Å². The van der Waals surface area contributed by atoms with E-state index >= 15 is 0 Å². The Balaban J connectivity index is 4.03. The summed E-state index contributed by atoms with van der Waals surface area (Å²) in [6, 6.07) is 0. The van der Waals surface area contributed by atoms with Crippen molar-refractivity contribution in [1.82, 2.24) is 0 Å². The molecule has 0 amide bonds. The van der Waals surface area contributed by atoms with E-state index in [1.807, 2.05) is 19.9 Å². The molecule has 1 atom stereocenters. The van der Waals surface area contributed by atoms with Crippen LogP contribution in [0.15, 0.2) is 36.5 Å². The Morgan fingerprint density at radius 2 is 2.00 bits per heavy atom. The van der Waals surface area contributed by atoms with Crippen molar-refractivity contribution >= 4 is 5.78 Å². The van der Waals surface area contributed by atoms with Gasteiger partial charge in [-0.3, -0.25) is 4.79 Å². The highest BCUT2D eigenvalue weighted by Gasteiger charge is 2.07. The summed E-state index contributed by atoms with van der Waals surface area (Å²) in [4.78, 5) is 11.0. The van der Waals surface area contributed by atoms with Crippen LogP contribution in [-0.2, 0) is 4.79 Å². The Bertz CT molecular complexity index is 258. The molecule has 0 bridgehead atoms. The largest absolute Gasteiger partial charge is 0.300 e. The molecule has 0 aromatic heterocycles. The zero-order valence-corrected chi connectivity index (χ0v) is 9.47. The van der Waals surface area contributed by atoms with E-state index in [4.69, 9.17) is 0 Å². The number of carbonyl (C=O) groups is 1. The van der Waals surface area contributed by atoms with E-state index in [0.717, 1.165) is 24.0 Å². The molecule has 0 fully saturated rings. The quantitative estimate of drug-likeness (QED) is 0.587. The molecule has 0 aliphatic carbocycles. The van der Waals surface area contributed by atoms with Crippen LogP contribution in [0.3, 0.4) is 0 Å². The first kappa shape index (κ1) is 12.9. The minimum Gasteiger partial charge on any atom is -0.300 e. The number of carbonyl (C=O) groups excluding carboxylic acids is 1. The van der Waals surface area contributed by atoms with Gasteiger partial charge in [-0.1, -0.05) is 37.8 Å². The number of Topliss-reactive ketones (excluding diaryl/α,β-unsaturated/α-hetero) is 1. The van der Waals surface area contributed by atoms with Crippen molar-refractivity contribution in [2.24, 2.45) is 5.92 Å². The summed E-state index contributed by atoms with van der Waals surface area (Å²) >= 11 is 0. The molecule has 0 heterocycles. The minimum absolute atomic E-state index is 0.142. The summed E-state index contributed by atoms with van der Waals surface area (Å²) in [5, 5.41) is 0. The van der Waals surface area contributed by atoms with E-state index in [1.165, 1.54) is 0 Å². The highest BCUT2D eigenvalue weighted by atomic mass is 16.1. The molecule has 0 saturated heterocycles. The minimum atomic E-state index is 0.142. The average Bonchev–Trinajstić information content (AvgIpc) is 2.13. The number of rotatable bonds is 6. The van der Waals surface area contributed by atoms with Crippen LogP contribution in [0.25, 0.3) is 0 Å². The summed E-state index contributed by atoms with van der Waals surface area (Å²) in [7, 11) is 0. The molecule has 0 aliphatic rings. The smallest absolute Gasteiger partial charge is 0.132 e. The lowest BCUT2D eigenvalue weighted by molar-refractivity contribution is -0.120. The molecule has 0 aromatic rings. The van der Waals surface area contributed by atoms with E-state index in [0.29, 0.717) is 0 Å². The van der Waals surface area contributed by atoms with Crippen LogP contribution in [0.4, 0.5) is 0 Å². The third kappa shape index (κ3) is 4.80. The van der Waals surface area contributed by atoms with E-state index in [9.17, 15) is 4.79 Å². The Morgan fingerprint density at radius 1 is 1.43 bits per heavy atom. The molecule has 0 saturated carbocycles. The molecular weight excluding hydrogens is 172 g/mol. The van der Waals surface area contributed by atoms with Gasteiger partial charge >= 0.3 is 0 Å². The fourth-order valence-electron chi connectivity index (χ4n) is 1.09. The molecule has 1 nitrogen and oxygen atoms in total. The first-order valence-electron chi connectivity index (χ1n) is 4.97. The standard InChI is InChI=1S/C13H20O/c1-6-7-10(2)11(3)8-9-12(4)13(5)14/h6-7,12H,1,3,8-9H2,2,4-5H3/b10-7-. The summed E-state index contributed by atoms with van der Waals surface area (Å²) in [6.07, 6.45) is 5.48. The van der Waals surface area contributed by atoms with Crippen molar-refractivity contribution in [2.45, 2.75) is 33.6 Å². The molecule has 0 rings (SSSR count). The van der Waals surface area contributed by atoms with Crippen LogP contribution in [-0.4, -0.2) is 5.78 Å². The number of allylic oxidation sites excluding steroid dienone is 4. The third-order valence-corrected chi connectivity index (χ3v) is 2.50. The molecule has 0 aliphatic heterocycles. The molecule has 0 radical (unpaired) electrons. The van der Waals surface area contributed by atoms with Gasteiger partial charge in [-0.2, -0.15) is 0 Å². The first-order valence-corrected chi connectivity index (χ1v) is 4.97. The highest BCUT2D eigenvalue weighted by Crippen LogP contribution is 2.17. The van der Waals surface area contributed by atoms with Crippen LogP contribution >= 0.6 is 0 Å². The molecule has 0 spiro atoms. The Hall–Kier alpha value is -1.11. The molecule has 78 valence electrons. The van der Waals surface area contributed by atoms with Gasteiger partial charge in [0.05, 0.1) is 0 Å². The molecule has 1 heteroatoms. The van der Waals surface area contributed by atoms with Gasteiger partial charge in [0.2, 0.25) is 0 Å². The van der Waals surface area contributed by atoms with Crippen molar-refractivity contribution in [3.63, 3.8) is 0 Å². The number of hydrogen-bond acceptors (Lipinski definition) is 1. The topological polar surface area (TPSA) is 17.1 Å². The SMILES string of the molecule is C=C/C=C(/C)C(=C)CCC(C)C(C)=O. The molecule has 1 unspecified atom stereocenters. The lowest BCUT2D eigenvalue weighted by atomic mass is 9.96. The third-order valence-electron chi connectivity index (χ3n) is 2.50. The zero-order valence-electron chi connectivity index (χ0n) is 9.47. The molecule has 0 N–H and O–H groups in total. The van der Waals surface area contributed by atoms with Crippen molar-refractivity contribution in [3.8, 4) is 0 Å². The second kappa shape index (κ2) is 6.36. The van der Waals surface area contributed by atoms with Crippen molar-refractivity contribution < 1.29 is 4.79 Å². The van der Waals surface area contributed by atoms with Crippen LogP contribution < -0.4 is 0 Å². The van der Waals surface area contributed by atoms with Gasteiger partial charge in [0, 0.05) is 5.92 Å². The Labute approximate surface area is 87.2 Å². The predicted molar refractivity (Wildman–Crippen MR) is 62.2 cm³/mol. The molecule has 0 aromatic carbocycles. The molecular formula is C13H20O.